The molecule has 0 spiro atoms. The number of urea groups is 2. The van der Waals surface area contributed by atoms with Gasteiger partial charge in [-0.1, -0.05) is 12.8 Å². The number of unbranched alkanes of at least 4 members (excludes halogenated alkanes) is 3. The number of aromatic amines is 1. The standard InChI is InChI=1S/C17H28N6O6/c1-11-9-13(25)22-15(20-11)23-17(28)19-8-6-4-3-5-7-18-16(27)21-12(10-24)14(26)29-2/h9,12,24H,3-8,10H2,1-2H3,(H2,18,21,27)(H3,19,20,22,23,25,28). The molecule has 4 amide bonds. The Balaban J connectivity index is 2.08. The van der Waals surface area contributed by atoms with E-state index in [-0.39, 0.29) is 11.5 Å². The van der Waals surface area contributed by atoms with Crippen molar-refractivity contribution in [3.8, 4) is 0 Å². The van der Waals surface area contributed by atoms with Gasteiger partial charge in [0.05, 0.1) is 13.7 Å². The summed E-state index contributed by atoms with van der Waals surface area (Å²) < 4.78 is 4.45. The van der Waals surface area contributed by atoms with Crippen LogP contribution in [0.15, 0.2) is 10.9 Å². The van der Waals surface area contributed by atoms with Crippen molar-refractivity contribution in [2.75, 3.05) is 32.1 Å². The normalized spacial score (nSPS) is 11.3. The lowest BCUT2D eigenvalue weighted by Crippen LogP contribution is -2.48. The van der Waals surface area contributed by atoms with Gasteiger partial charge in [0.15, 0.2) is 6.04 Å². The van der Waals surface area contributed by atoms with E-state index < -0.39 is 30.7 Å². The first-order chi connectivity index (χ1) is 13.8. The number of rotatable bonds is 11. The molecule has 0 saturated heterocycles. The summed E-state index contributed by atoms with van der Waals surface area (Å²) in [7, 11) is 1.17. The van der Waals surface area contributed by atoms with Crippen LogP contribution in [-0.2, 0) is 9.53 Å². The maximum absolute atomic E-state index is 11.7. The van der Waals surface area contributed by atoms with Crippen molar-refractivity contribution in [1.82, 2.24) is 25.9 Å². The highest BCUT2D eigenvalue weighted by Crippen LogP contribution is 1.99. The molecule has 0 fully saturated rings. The van der Waals surface area contributed by atoms with Gasteiger partial charge < -0.3 is 25.8 Å². The molecule has 1 atom stereocenters. The van der Waals surface area contributed by atoms with E-state index in [1.807, 2.05) is 0 Å². The number of hydrogen-bond acceptors (Lipinski definition) is 7. The molecule has 1 aromatic heterocycles. The Morgan fingerprint density at radius 2 is 1.76 bits per heavy atom. The number of nitrogens with one attached hydrogen (secondary N) is 5. The number of ether oxygens (including phenoxy) is 1. The third-order valence-corrected chi connectivity index (χ3v) is 3.75. The largest absolute Gasteiger partial charge is 0.467 e. The maximum Gasteiger partial charge on any atom is 0.330 e. The predicted molar refractivity (Wildman–Crippen MR) is 105 cm³/mol. The monoisotopic (exact) mass is 412 g/mol. The summed E-state index contributed by atoms with van der Waals surface area (Å²) in [5, 5.41) is 19.0. The number of aryl methyl sites for hydroxylation is 1. The van der Waals surface area contributed by atoms with Gasteiger partial charge in [-0.05, 0) is 19.8 Å². The molecule has 0 radical (unpaired) electrons. The first kappa shape index (κ1) is 23.9. The smallest absolute Gasteiger partial charge is 0.330 e. The third-order valence-electron chi connectivity index (χ3n) is 3.75. The summed E-state index contributed by atoms with van der Waals surface area (Å²) in [4.78, 5) is 52.3. The Kier molecular flexibility index (Phi) is 10.8. The van der Waals surface area contributed by atoms with Crippen molar-refractivity contribution in [2.45, 2.75) is 38.6 Å². The molecule has 162 valence electrons. The van der Waals surface area contributed by atoms with Crippen LogP contribution < -0.4 is 26.8 Å². The topological polar surface area (TPSA) is 175 Å². The van der Waals surface area contributed by atoms with Gasteiger partial charge in [-0.3, -0.25) is 15.1 Å². The highest BCUT2D eigenvalue weighted by atomic mass is 16.5. The average molecular weight is 412 g/mol. The SMILES string of the molecule is COC(=O)C(CO)NC(=O)NCCCCCCNC(=O)Nc1nc(C)cc(=O)[nH]1. The molecule has 1 aromatic rings. The number of nitrogens with zero attached hydrogens (tertiary/aromatic N) is 1. The number of hydrogen-bond donors (Lipinski definition) is 6. The minimum absolute atomic E-state index is 0.0903. The van der Waals surface area contributed by atoms with Crippen LogP contribution in [0.1, 0.15) is 31.4 Å². The van der Waals surface area contributed by atoms with E-state index in [1.54, 1.807) is 6.92 Å². The second kappa shape index (κ2) is 13.1. The molecule has 0 aliphatic rings. The zero-order valence-corrected chi connectivity index (χ0v) is 16.5. The van der Waals surface area contributed by atoms with Crippen LogP contribution in [0.5, 0.6) is 0 Å². The van der Waals surface area contributed by atoms with Gasteiger partial charge in [0.1, 0.15) is 0 Å². The number of aromatic nitrogens is 2. The van der Waals surface area contributed by atoms with E-state index in [9.17, 15) is 19.2 Å². The number of H-pyrrole nitrogens is 1. The number of aliphatic hydroxyl groups is 1. The lowest BCUT2D eigenvalue weighted by Gasteiger charge is -2.14. The molecule has 1 heterocycles. The van der Waals surface area contributed by atoms with Gasteiger partial charge in [0, 0.05) is 24.8 Å². The summed E-state index contributed by atoms with van der Waals surface area (Å²) >= 11 is 0. The molecule has 1 unspecified atom stereocenters. The fraction of sp³-hybridized carbons (Fsp3) is 0.588. The first-order valence-corrected chi connectivity index (χ1v) is 9.21. The number of carbonyl (C=O) groups is 3. The summed E-state index contributed by atoms with van der Waals surface area (Å²) in [6, 6.07) is -0.784. The summed E-state index contributed by atoms with van der Waals surface area (Å²) in [6.07, 6.45) is 3.13. The Morgan fingerprint density at radius 1 is 1.14 bits per heavy atom. The van der Waals surface area contributed by atoms with Gasteiger partial charge in [-0.25, -0.2) is 19.4 Å². The van der Waals surface area contributed by atoms with Gasteiger partial charge in [0.25, 0.3) is 5.56 Å². The molecule has 6 N–H and O–H groups in total. The van der Waals surface area contributed by atoms with Crippen molar-refractivity contribution in [1.29, 1.82) is 0 Å². The maximum atomic E-state index is 11.7. The quantitative estimate of drug-likeness (QED) is 0.212. The summed E-state index contributed by atoms with van der Waals surface area (Å²) in [6.45, 7) is 1.97. The average Bonchev–Trinajstić information content (AvgIpc) is 2.66. The zero-order chi connectivity index (χ0) is 21.6. The van der Waals surface area contributed by atoms with Gasteiger partial charge in [-0.15, -0.1) is 0 Å². The Hall–Kier alpha value is -3.15. The molecule has 0 aliphatic heterocycles. The van der Waals surface area contributed by atoms with Gasteiger partial charge in [-0.2, -0.15) is 0 Å². The van der Waals surface area contributed by atoms with Gasteiger partial charge >= 0.3 is 18.0 Å². The van der Waals surface area contributed by atoms with Crippen molar-refractivity contribution in [3.63, 3.8) is 0 Å². The highest BCUT2D eigenvalue weighted by molar-refractivity contribution is 5.87. The van der Waals surface area contributed by atoms with Crippen LogP contribution >= 0.6 is 0 Å². The van der Waals surface area contributed by atoms with Crippen LogP contribution in [0.3, 0.4) is 0 Å². The molecule has 0 bridgehead atoms. The van der Waals surface area contributed by atoms with E-state index in [2.05, 4.69) is 36.0 Å². The zero-order valence-electron chi connectivity index (χ0n) is 16.5. The predicted octanol–water partition coefficient (Wildman–Crippen LogP) is -0.407. The lowest BCUT2D eigenvalue weighted by molar-refractivity contribution is -0.143. The van der Waals surface area contributed by atoms with Crippen LogP contribution in [-0.4, -0.2) is 66.0 Å². The lowest BCUT2D eigenvalue weighted by atomic mass is 10.2. The van der Waals surface area contributed by atoms with E-state index in [4.69, 9.17) is 5.11 Å². The molecule has 1 rings (SSSR count). The molecule has 0 aromatic carbocycles. The van der Waals surface area contributed by atoms with Crippen molar-refractivity contribution in [2.24, 2.45) is 0 Å². The first-order valence-electron chi connectivity index (χ1n) is 9.21. The number of aliphatic hydroxyl groups excluding tert-OH is 1. The molecule has 0 aliphatic carbocycles. The number of anilines is 1. The van der Waals surface area contributed by atoms with Crippen molar-refractivity contribution < 1.29 is 24.2 Å². The Morgan fingerprint density at radius 3 is 2.31 bits per heavy atom. The molecular formula is C17H28N6O6. The molecule has 12 nitrogen and oxygen atoms in total. The molecular weight excluding hydrogens is 384 g/mol. The minimum Gasteiger partial charge on any atom is -0.467 e. The second-order valence-electron chi connectivity index (χ2n) is 6.19. The van der Waals surface area contributed by atoms with Crippen molar-refractivity contribution in [3.05, 3.63) is 22.1 Å². The fourth-order valence-electron chi connectivity index (χ4n) is 2.33. The van der Waals surface area contributed by atoms with Crippen LogP contribution in [0, 0.1) is 6.92 Å². The highest BCUT2D eigenvalue weighted by Gasteiger charge is 2.19. The van der Waals surface area contributed by atoms with Crippen molar-refractivity contribution >= 4 is 24.0 Å². The van der Waals surface area contributed by atoms with Crippen LogP contribution in [0.4, 0.5) is 15.5 Å². The Labute approximate surface area is 167 Å². The number of esters is 1. The summed E-state index contributed by atoms with van der Waals surface area (Å²) in [5.74, 6) is -0.629. The van der Waals surface area contributed by atoms with E-state index in [1.165, 1.54) is 13.2 Å². The second-order valence-corrected chi connectivity index (χ2v) is 6.19. The minimum atomic E-state index is -1.09. The van der Waals surface area contributed by atoms with E-state index in [0.29, 0.717) is 18.8 Å². The number of methoxy groups -OCH3 is 1. The summed E-state index contributed by atoms with van der Waals surface area (Å²) in [5.41, 5.74) is 0.163. The Bertz CT molecular complexity index is 737. The molecule has 29 heavy (non-hydrogen) atoms. The van der Waals surface area contributed by atoms with Crippen LogP contribution in [0.2, 0.25) is 0 Å². The van der Waals surface area contributed by atoms with Crippen LogP contribution in [0.25, 0.3) is 0 Å². The van der Waals surface area contributed by atoms with E-state index in [0.717, 1.165) is 25.7 Å². The number of amides is 4. The number of carbonyl (C=O) groups excluding carboxylic acids is 3. The fourth-order valence-corrected chi connectivity index (χ4v) is 2.33. The third kappa shape index (κ3) is 10.1. The van der Waals surface area contributed by atoms with E-state index >= 15 is 0 Å². The molecule has 12 heteroatoms. The van der Waals surface area contributed by atoms with Gasteiger partial charge in [0.2, 0.25) is 5.95 Å². The molecule has 0 saturated carbocycles.